The van der Waals surface area contributed by atoms with E-state index in [4.69, 9.17) is 9.15 Å². The van der Waals surface area contributed by atoms with Gasteiger partial charge in [0.1, 0.15) is 18.6 Å². The second-order valence-corrected chi connectivity index (χ2v) is 5.80. The van der Waals surface area contributed by atoms with Crippen molar-refractivity contribution >= 4 is 5.69 Å². The van der Waals surface area contributed by atoms with Crippen molar-refractivity contribution in [1.82, 2.24) is 25.0 Å². The van der Waals surface area contributed by atoms with Gasteiger partial charge in [0.15, 0.2) is 5.82 Å². The summed E-state index contributed by atoms with van der Waals surface area (Å²) in [4.78, 5) is 14.6. The maximum Gasteiger partial charge on any atom is 0.270 e. The van der Waals surface area contributed by atoms with Gasteiger partial charge in [-0.25, -0.2) is 9.67 Å². The van der Waals surface area contributed by atoms with Crippen LogP contribution in [0.2, 0.25) is 0 Å². The highest BCUT2D eigenvalue weighted by Gasteiger charge is 2.13. The summed E-state index contributed by atoms with van der Waals surface area (Å²) in [6.07, 6.45) is 1.51. The van der Waals surface area contributed by atoms with Crippen LogP contribution >= 0.6 is 0 Å². The molecule has 140 valence electrons. The summed E-state index contributed by atoms with van der Waals surface area (Å²) in [7, 11) is 1.60. The highest BCUT2D eigenvalue weighted by Crippen LogP contribution is 2.22. The fraction of sp³-hybridized carbons (Fsp3) is 0.111. The molecule has 10 heteroatoms. The third-order valence-electron chi connectivity index (χ3n) is 3.95. The average Bonchev–Trinajstić information content (AvgIpc) is 3.38. The number of non-ortho nitro benzene ring substituents is 1. The Hall–Kier alpha value is -4.08. The molecule has 28 heavy (non-hydrogen) atoms. The number of nitro groups is 1. The van der Waals surface area contributed by atoms with Crippen molar-refractivity contribution < 1.29 is 14.1 Å². The summed E-state index contributed by atoms with van der Waals surface area (Å²) in [5.74, 6) is 1.86. The lowest BCUT2D eigenvalue weighted by atomic mass is 10.2. The van der Waals surface area contributed by atoms with E-state index in [1.165, 1.54) is 23.1 Å². The van der Waals surface area contributed by atoms with E-state index in [1.54, 1.807) is 19.2 Å². The van der Waals surface area contributed by atoms with Crippen LogP contribution in [0, 0.1) is 10.1 Å². The molecule has 4 aromatic rings. The van der Waals surface area contributed by atoms with Crippen molar-refractivity contribution in [1.29, 1.82) is 0 Å². The monoisotopic (exact) mass is 378 g/mol. The van der Waals surface area contributed by atoms with Crippen molar-refractivity contribution in [3.8, 4) is 28.6 Å². The minimum atomic E-state index is -0.459. The Labute approximate surface area is 158 Å². The molecule has 0 aliphatic carbocycles. The van der Waals surface area contributed by atoms with Gasteiger partial charge in [0, 0.05) is 23.3 Å². The van der Waals surface area contributed by atoms with Gasteiger partial charge >= 0.3 is 0 Å². The van der Waals surface area contributed by atoms with Crippen LogP contribution in [0.3, 0.4) is 0 Å². The lowest BCUT2D eigenvalue weighted by Crippen LogP contribution is -2.00. The molecule has 0 atom stereocenters. The number of ether oxygens (including phenoxy) is 1. The zero-order valence-electron chi connectivity index (χ0n) is 14.7. The molecular formula is C18H14N6O4. The summed E-state index contributed by atoms with van der Waals surface area (Å²) >= 11 is 0. The van der Waals surface area contributed by atoms with Gasteiger partial charge < -0.3 is 9.15 Å². The van der Waals surface area contributed by atoms with E-state index in [0.717, 1.165) is 11.3 Å². The second kappa shape index (κ2) is 7.27. The standard InChI is InChI=1S/C18H14N6O4/c1-27-15-7-5-12(6-8-15)18-21-20-16(28-18)10-23-11-19-17(22-23)13-3-2-4-14(9-13)24(25)26/h2-9,11H,10H2,1H3. The van der Waals surface area contributed by atoms with Gasteiger partial charge in [-0.05, 0) is 24.3 Å². The Balaban J connectivity index is 1.51. The summed E-state index contributed by atoms with van der Waals surface area (Å²) in [5.41, 5.74) is 1.31. The molecule has 0 spiro atoms. The van der Waals surface area contributed by atoms with Crippen molar-refractivity contribution in [2.45, 2.75) is 6.54 Å². The Morgan fingerprint density at radius 1 is 1.14 bits per heavy atom. The fourth-order valence-corrected chi connectivity index (χ4v) is 2.57. The number of methoxy groups -OCH3 is 1. The van der Waals surface area contributed by atoms with Crippen LogP contribution in [0.4, 0.5) is 5.69 Å². The number of hydrogen-bond donors (Lipinski definition) is 0. The van der Waals surface area contributed by atoms with Gasteiger partial charge in [-0.3, -0.25) is 10.1 Å². The van der Waals surface area contributed by atoms with Gasteiger partial charge in [-0.15, -0.1) is 10.2 Å². The van der Waals surface area contributed by atoms with Crippen LogP contribution in [0.5, 0.6) is 5.75 Å². The van der Waals surface area contributed by atoms with Crippen LogP contribution in [0.15, 0.2) is 59.3 Å². The van der Waals surface area contributed by atoms with Crippen LogP contribution < -0.4 is 4.74 Å². The molecule has 0 radical (unpaired) electrons. The topological polar surface area (TPSA) is 122 Å². The number of aromatic nitrogens is 5. The number of hydrogen-bond acceptors (Lipinski definition) is 8. The third kappa shape index (κ3) is 3.56. The van der Waals surface area contributed by atoms with Crippen molar-refractivity contribution in [2.75, 3.05) is 7.11 Å². The molecule has 0 saturated heterocycles. The quantitative estimate of drug-likeness (QED) is 0.371. The zero-order valence-corrected chi connectivity index (χ0v) is 14.7. The molecule has 0 bridgehead atoms. The maximum atomic E-state index is 10.9. The van der Waals surface area contributed by atoms with E-state index in [-0.39, 0.29) is 12.2 Å². The first-order valence-electron chi connectivity index (χ1n) is 8.23. The molecule has 10 nitrogen and oxygen atoms in total. The molecule has 0 unspecified atom stereocenters. The largest absolute Gasteiger partial charge is 0.497 e. The molecule has 0 fully saturated rings. The van der Waals surface area contributed by atoms with E-state index >= 15 is 0 Å². The molecule has 2 aromatic carbocycles. The van der Waals surface area contributed by atoms with E-state index < -0.39 is 4.92 Å². The summed E-state index contributed by atoms with van der Waals surface area (Å²) in [6.45, 7) is 0.227. The third-order valence-corrected chi connectivity index (χ3v) is 3.95. The van der Waals surface area contributed by atoms with Gasteiger partial charge in [0.2, 0.25) is 11.8 Å². The Morgan fingerprint density at radius 2 is 1.96 bits per heavy atom. The normalized spacial score (nSPS) is 10.8. The van der Waals surface area contributed by atoms with E-state index in [1.807, 2.05) is 24.3 Å². The first-order valence-corrected chi connectivity index (χ1v) is 8.23. The molecule has 4 rings (SSSR count). The van der Waals surface area contributed by atoms with E-state index in [2.05, 4.69) is 20.3 Å². The lowest BCUT2D eigenvalue weighted by Gasteiger charge is -1.99. The smallest absolute Gasteiger partial charge is 0.270 e. The van der Waals surface area contributed by atoms with Crippen molar-refractivity contribution in [2.24, 2.45) is 0 Å². The van der Waals surface area contributed by atoms with Crippen LogP contribution in [0.25, 0.3) is 22.8 Å². The van der Waals surface area contributed by atoms with Gasteiger partial charge in [-0.1, -0.05) is 12.1 Å². The molecule has 0 aliphatic heterocycles. The Bertz CT molecular complexity index is 1120. The van der Waals surface area contributed by atoms with Gasteiger partial charge in [0.05, 0.1) is 12.0 Å². The Morgan fingerprint density at radius 3 is 2.71 bits per heavy atom. The molecule has 2 heterocycles. The summed E-state index contributed by atoms with van der Waals surface area (Å²) < 4.78 is 12.3. The molecule has 0 saturated carbocycles. The number of benzene rings is 2. The number of rotatable bonds is 6. The van der Waals surface area contributed by atoms with Crippen LogP contribution in [-0.4, -0.2) is 37.0 Å². The SMILES string of the molecule is COc1ccc(-c2nnc(Cn3cnc(-c4cccc([N+](=O)[O-])c4)n3)o2)cc1. The highest BCUT2D eigenvalue weighted by molar-refractivity contribution is 5.58. The molecule has 0 aliphatic rings. The molecule has 2 aromatic heterocycles. The number of nitro benzene ring substituents is 1. The second-order valence-electron chi connectivity index (χ2n) is 5.80. The average molecular weight is 378 g/mol. The zero-order chi connectivity index (χ0) is 19.5. The van der Waals surface area contributed by atoms with E-state index in [9.17, 15) is 10.1 Å². The lowest BCUT2D eigenvalue weighted by molar-refractivity contribution is -0.384. The summed E-state index contributed by atoms with van der Waals surface area (Å²) in [5, 5.41) is 23.3. The Kier molecular flexibility index (Phi) is 4.50. The van der Waals surface area contributed by atoms with Crippen LogP contribution in [-0.2, 0) is 6.54 Å². The minimum absolute atomic E-state index is 0.0186. The molecule has 0 N–H and O–H groups in total. The minimum Gasteiger partial charge on any atom is -0.497 e. The van der Waals surface area contributed by atoms with Gasteiger partial charge in [-0.2, -0.15) is 5.10 Å². The summed E-state index contributed by atoms with van der Waals surface area (Å²) in [6, 6.07) is 13.4. The van der Waals surface area contributed by atoms with Gasteiger partial charge in [0.25, 0.3) is 5.69 Å². The van der Waals surface area contributed by atoms with Crippen molar-refractivity contribution in [3.05, 3.63) is 70.9 Å². The highest BCUT2D eigenvalue weighted by atomic mass is 16.6. The van der Waals surface area contributed by atoms with Crippen molar-refractivity contribution in [3.63, 3.8) is 0 Å². The maximum absolute atomic E-state index is 10.9. The predicted molar refractivity (Wildman–Crippen MR) is 97.5 cm³/mol. The van der Waals surface area contributed by atoms with Crippen LogP contribution in [0.1, 0.15) is 5.89 Å². The van der Waals surface area contributed by atoms with E-state index in [0.29, 0.717) is 23.2 Å². The first kappa shape index (κ1) is 17.3. The predicted octanol–water partition coefficient (Wildman–Crippen LogP) is 2.96. The first-order chi connectivity index (χ1) is 13.6. The number of nitrogens with zero attached hydrogens (tertiary/aromatic N) is 6. The fourth-order valence-electron chi connectivity index (χ4n) is 2.57. The molecular weight excluding hydrogens is 364 g/mol. The molecule has 0 amide bonds.